The van der Waals surface area contributed by atoms with Gasteiger partial charge < -0.3 is 10.8 Å². The molecule has 1 saturated carbocycles. The monoisotopic (exact) mass is 287 g/mol. The quantitative estimate of drug-likeness (QED) is 0.875. The van der Waals surface area contributed by atoms with Crippen LogP contribution in [0.2, 0.25) is 0 Å². The molecule has 0 heterocycles. The van der Waals surface area contributed by atoms with E-state index in [1.165, 1.54) is 17.5 Å². The molecule has 0 radical (unpaired) electrons. The largest absolute Gasteiger partial charge is 0.389 e. The summed E-state index contributed by atoms with van der Waals surface area (Å²) in [5.41, 5.74) is 8.12. The lowest BCUT2D eigenvalue weighted by atomic mass is 9.52. The summed E-state index contributed by atoms with van der Waals surface area (Å²) in [7, 11) is 0. The van der Waals surface area contributed by atoms with Gasteiger partial charge in [0.05, 0.1) is 5.60 Å². The van der Waals surface area contributed by atoms with E-state index >= 15 is 0 Å². The second-order valence-electron chi connectivity index (χ2n) is 7.51. The molecule has 1 fully saturated rings. The first kappa shape index (κ1) is 15.1. The zero-order chi connectivity index (χ0) is 15.1. The van der Waals surface area contributed by atoms with Crippen LogP contribution < -0.4 is 5.73 Å². The molecule has 0 aliphatic heterocycles. The minimum absolute atomic E-state index is 0.254. The van der Waals surface area contributed by atoms with Crippen molar-refractivity contribution in [1.82, 2.24) is 0 Å². The van der Waals surface area contributed by atoms with Gasteiger partial charge in [-0.25, -0.2) is 0 Å². The Morgan fingerprint density at radius 2 is 2.00 bits per heavy atom. The summed E-state index contributed by atoms with van der Waals surface area (Å²) in [6.45, 7) is 5.05. The maximum atomic E-state index is 11.8. The smallest absolute Gasteiger partial charge is 0.0784 e. The van der Waals surface area contributed by atoms with Crippen molar-refractivity contribution in [3.8, 4) is 0 Å². The van der Waals surface area contributed by atoms with Crippen molar-refractivity contribution in [2.75, 3.05) is 6.54 Å². The molecule has 1 aromatic rings. The van der Waals surface area contributed by atoms with Crippen LogP contribution in [0.3, 0.4) is 0 Å². The molecule has 2 aliphatic carbocycles. The van der Waals surface area contributed by atoms with Gasteiger partial charge in [-0.1, -0.05) is 44.5 Å². The van der Waals surface area contributed by atoms with Gasteiger partial charge in [-0.15, -0.1) is 0 Å². The number of aliphatic hydroxyl groups is 1. The average Bonchev–Trinajstić information content (AvgIpc) is 2.50. The molecule has 0 bridgehead atoms. The van der Waals surface area contributed by atoms with Gasteiger partial charge >= 0.3 is 0 Å². The molecule has 2 aliphatic rings. The van der Waals surface area contributed by atoms with Crippen molar-refractivity contribution >= 4 is 0 Å². The molecule has 0 aromatic heterocycles. The summed E-state index contributed by atoms with van der Waals surface area (Å²) in [5.74, 6) is 0.909. The molecular formula is C19H29NO. The Balaban J connectivity index is 2.13. The maximum Gasteiger partial charge on any atom is 0.0784 e. The summed E-state index contributed by atoms with van der Waals surface area (Å²) < 4.78 is 0. The fraction of sp³-hybridized carbons (Fsp3) is 0.684. The highest BCUT2D eigenvalue weighted by Gasteiger charge is 2.56. The van der Waals surface area contributed by atoms with E-state index < -0.39 is 5.60 Å². The summed E-state index contributed by atoms with van der Waals surface area (Å²) in [6, 6.07) is 8.65. The fourth-order valence-corrected chi connectivity index (χ4v) is 5.03. The summed E-state index contributed by atoms with van der Waals surface area (Å²) in [4.78, 5) is 0. The van der Waals surface area contributed by atoms with Crippen LogP contribution in [-0.4, -0.2) is 17.3 Å². The van der Waals surface area contributed by atoms with Gasteiger partial charge in [-0.2, -0.15) is 0 Å². The zero-order valence-electron chi connectivity index (χ0n) is 13.4. The van der Waals surface area contributed by atoms with Crippen LogP contribution in [-0.2, 0) is 11.8 Å². The first-order chi connectivity index (χ1) is 10.0. The number of hydrogen-bond acceptors (Lipinski definition) is 2. The van der Waals surface area contributed by atoms with Crippen LogP contribution in [0.4, 0.5) is 0 Å². The Morgan fingerprint density at radius 1 is 1.24 bits per heavy atom. The van der Waals surface area contributed by atoms with Gasteiger partial charge in [0.15, 0.2) is 0 Å². The van der Waals surface area contributed by atoms with Crippen LogP contribution in [0.25, 0.3) is 0 Å². The molecule has 3 N–H and O–H groups in total. The van der Waals surface area contributed by atoms with Gasteiger partial charge in [-0.3, -0.25) is 0 Å². The number of benzene rings is 1. The number of nitrogens with two attached hydrogens (primary N) is 1. The van der Waals surface area contributed by atoms with Crippen LogP contribution in [0.5, 0.6) is 0 Å². The fourth-order valence-electron chi connectivity index (χ4n) is 5.03. The maximum absolute atomic E-state index is 11.8. The summed E-state index contributed by atoms with van der Waals surface area (Å²) in [6.07, 6.45) is 6.51. The van der Waals surface area contributed by atoms with E-state index in [-0.39, 0.29) is 5.41 Å². The summed E-state index contributed by atoms with van der Waals surface area (Å²) >= 11 is 0. The lowest BCUT2D eigenvalue weighted by Gasteiger charge is -2.56. The van der Waals surface area contributed by atoms with Gasteiger partial charge in [0.25, 0.3) is 0 Å². The molecule has 0 amide bonds. The first-order valence-electron chi connectivity index (χ1n) is 8.54. The van der Waals surface area contributed by atoms with Crippen LogP contribution >= 0.6 is 0 Å². The molecule has 2 heteroatoms. The lowest BCUT2D eigenvalue weighted by molar-refractivity contribution is -0.121. The number of aryl methyl sites for hydroxylation is 1. The van der Waals surface area contributed by atoms with Crippen molar-refractivity contribution in [3.05, 3.63) is 35.4 Å². The highest BCUT2D eigenvalue weighted by molar-refractivity contribution is 5.41. The topological polar surface area (TPSA) is 46.2 Å². The Labute approximate surface area is 128 Å². The predicted octanol–water partition coefficient (Wildman–Crippen LogP) is 3.41. The molecule has 3 rings (SSSR count). The second kappa shape index (κ2) is 5.40. The van der Waals surface area contributed by atoms with Gasteiger partial charge in [0.1, 0.15) is 0 Å². The highest BCUT2D eigenvalue weighted by atomic mass is 16.3. The van der Waals surface area contributed by atoms with Crippen LogP contribution in [0.15, 0.2) is 24.3 Å². The highest BCUT2D eigenvalue weighted by Crippen LogP contribution is 2.53. The number of hydrogen-bond donors (Lipinski definition) is 2. The third-order valence-corrected chi connectivity index (χ3v) is 6.33. The van der Waals surface area contributed by atoms with Crippen molar-refractivity contribution in [3.63, 3.8) is 0 Å². The Morgan fingerprint density at radius 3 is 2.76 bits per heavy atom. The molecular weight excluding hydrogens is 258 g/mol. The molecule has 4 atom stereocenters. The van der Waals surface area contributed by atoms with Crippen molar-refractivity contribution < 1.29 is 5.11 Å². The minimum atomic E-state index is -0.657. The number of rotatable bonds is 2. The Bertz CT molecular complexity index is 514. The van der Waals surface area contributed by atoms with E-state index in [2.05, 4.69) is 38.1 Å². The molecule has 4 unspecified atom stereocenters. The normalized spacial score (nSPS) is 39.8. The third-order valence-electron chi connectivity index (χ3n) is 6.33. The molecule has 0 spiro atoms. The molecule has 0 saturated heterocycles. The average molecular weight is 287 g/mol. The Hall–Kier alpha value is -0.860. The second-order valence-corrected chi connectivity index (χ2v) is 7.51. The lowest BCUT2D eigenvalue weighted by Crippen LogP contribution is -2.62. The summed E-state index contributed by atoms with van der Waals surface area (Å²) in [5, 5.41) is 11.8. The van der Waals surface area contributed by atoms with Crippen LogP contribution in [0.1, 0.15) is 57.1 Å². The van der Waals surface area contributed by atoms with E-state index in [1.807, 2.05) is 0 Å². The molecule has 2 nitrogen and oxygen atoms in total. The molecule has 116 valence electrons. The third kappa shape index (κ3) is 2.15. The SMILES string of the molecule is CC1CCC(C)C(O)(C2(CN)CCCc3ccccc32)C1. The van der Waals surface area contributed by atoms with E-state index in [0.29, 0.717) is 18.4 Å². The van der Waals surface area contributed by atoms with E-state index in [4.69, 9.17) is 5.73 Å². The predicted molar refractivity (Wildman–Crippen MR) is 87.2 cm³/mol. The van der Waals surface area contributed by atoms with E-state index in [9.17, 15) is 5.11 Å². The van der Waals surface area contributed by atoms with E-state index in [0.717, 1.165) is 32.1 Å². The zero-order valence-corrected chi connectivity index (χ0v) is 13.4. The standard InChI is InChI=1S/C19H29NO/c1-14-9-10-15(2)19(21,12-14)18(13-20)11-5-7-16-6-3-4-8-17(16)18/h3-4,6,8,14-15,21H,5,7,9-13,20H2,1-2H3. The van der Waals surface area contributed by atoms with Gasteiger partial charge in [0.2, 0.25) is 0 Å². The minimum Gasteiger partial charge on any atom is -0.389 e. The van der Waals surface area contributed by atoms with Gasteiger partial charge in [-0.05, 0) is 55.1 Å². The van der Waals surface area contributed by atoms with Crippen molar-refractivity contribution in [1.29, 1.82) is 0 Å². The van der Waals surface area contributed by atoms with Crippen molar-refractivity contribution in [2.24, 2.45) is 17.6 Å². The first-order valence-corrected chi connectivity index (χ1v) is 8.54. The van der Waals surface area contributed by atoms with E-state index in [1.54, 1.807) is 0 Å². The number of fused-ring (bicyclic) bond motifs is 1. The molecule has 1 aromatic carbocycles. The molecule has 21 heavy (non-hydrogen) atoms. The Kier molecular flexibility index (Phi) is 3.87. The van der Waals surface area contributed by atoms with Crippen LogP contribution in [0, 0.1) is 11.8 Å². The van der Waals surface area contributed by atoms with Crippen molar-refractivity contribution in [2.45, 2.75) is 63.4 Å². The van der Waals surface area contributed by atoms with Gasteiger partial charge in [0, 0.05) is 12.0 Å².